The van der Waals surface area contributed by atoms with Gasteiger partial charge in [0.1, 0.15) is 5.76 Å². The first-order valence-corrected chi connectivity index (χ1v) is 9.86. The Bertz CT molecular complexity index is 994. The van der Waals surface area contributed by atoms with Crippen molar-refractivity contribution in [2.45, 2.75) is 26.3 Å². The van der Waals surface area contributed by atoms with Crippen LogP contribution in [0.25, 0.3) is 11.5 Å². The van der Waals surface area contributed by atoms with Crippen LogP contribution >= 0.6 is 11.6 Å². The van der Waals surface area contributed by atoms with E-state index in [4.69, 9.17) is 16.0 Å². The summed E-state index contributed by atoms with van der Waals surface area (Å²) in [6.07, 6.45) is 5.35. The molecule has 146 valence electrons. The SMILES string of the molecule is Cc1oc(-c2ccccc2Cl)nc1CN1CCC[C@@H](C(=O)c2nccn2C)C1. The highest BCUT2D eigenvalue weighted by atomic mass is 35.5. The third-order valence-corrected chi connectivity index (χ3v) is 5.62. The molecular formula is C21H23ClN4O2. The molecule has 0 unspecified atom stereocenters. The second-order valence-corrected chi connectivity index (χ2v) is 7.71. The van der Waals surface area contributed by atoms with Crippen LogP contribution in [0.3, 0.4) is 0 Å². The summed E-state index contributed by atoms with van der Waals surface area (Å²) in [5.74, 6) is 1.93. The number of ketones is 1. The number of benzene rings is 1. The minimum Gasteiger partial charge on any atom is -0.441 e. The molecule has 1 fully saturated rings. The predicted octanol–water partition coefficient (Wildman–Crippen LogP) is 4.13. The zero-order valence-electron chi connectivity index (χ0n) is 16.1. The van der Waals surface area contributed by atoms with Crippen LogP contribution in [0.4, 0.5) is 0 Å². The number of hydrogen-bond acceptors (Lipinski definition) is 5. The Morgan fingerprint density at radius 2 is 2.18 bits per heavy atom. The number of oxazole rings is 1. The standard InChI is InChI=1S/C21H23ClN4O2/c1-14-18(24-21(28-14)16-7-3-4-8-17(16)22)13-26-10-5-6-15(12-26)19(27)20-23-9-11-25(20)2/h3-4,7-9,11,15H,5-6,10,12-13H2,1-2H3/t15-/m1/s1. The van der Waals surface area contributed by atoms with Crippen LogP contribution in [0.2, 0.25) is 5.02 Å². The lowest BCUT2D eigenvalue weighted by Gasteiger charge is -2.31. The number of hydrogen-bond donors (Lipinski definition) is 0. The molecule has 1 aliphatic rings. The van der Waals surface area contributed by atoms with Crippen molar-refractivity contribution >= 4 is 17.4 Å². The van der Waals surface area contributed by atoms with Crippen molar-refractivity contribution in [1.29, 1.82) is 0 Å². The highest BCUT2D eigenvalue weighted by Gasteiger charge is 2.29. The molecule has 0 aliphatic carbocycles. The molecule has 28 heavy (non-hydrogen) atoms. The number of piperidine rings is 1. The van der Waals surface area contributed by atoms with E-state index >= 15 is 0 Å². The number of carbonyl (C=O) groups excluding carboxylic acids is 1. The van der Waals surface area contributed by atoms with Crippen molar-refractivity contribution in [3.05, 3.63) is 59.0 Å². The summed E-state index contributed by atoms with van der Waals surface area (Å²) in [5, 5.41) is 0.619. The lowest BCUT2D eigenvalue weighted by molar-refractivity contribution is 0.0796. The van der Waals surface area contributed by atoms with Crippen molar-refractivity contribution in [2.75, 3.05) is 13.1 Å². The molecular weight excluding hydrogens is 376 g/mol. The number of aromatic nitrogens is 3. The van der Waals surface area contributed by atoms with Crippen molar-refractivity contribution in [2.24, 2.45) is 13.0 Å². The van der Waals surface area contributed by atoms with Gasteiger partial charge in [-0.05, 0) is 38.4 Å². The average molecular weight is 399 g/mol. The van der Waals surface area contributed by atoms with Crippen LogP contribution in [0, 0.1) is 12.8 Å². The summed E-state index contributed by atoms with van der Waals surface area (Å²) >= 11 is 6.27. The van der Waals surface area contributed by atoms with E-state index in [0.717, 1.165) is 36.4 Å². The predicted molar refractivity (Wildman–Crippen MR) is 107 cm³/mol. The normalized spacial score (nSPS) is 17.8. The van der Waals surface area contributed by atoms with Gasteiger partial charge in [-0.1, -0.05) is 23.7 Å². The molecule has 3 aromatic rings. The summed E-state index contributed by atoms with van der Waals surface area (Å²) in [5.41, 5.74) is 1.68. The van der Waals surface area contributed by atoms with Crippen LogP contribution < -0.4 is 0 Å². The zero-order chi connectivity index (χ0) is 19.7. The molecule has 1 aliphatic heterocycles. The lowest BCUT2D eigenvalue weighted by atomic mass is 9.93. The van der Waals surface area contributed by atoms with Gasteiger partial charge in [-0.3, -0.25) is 9.69 Å². The molecule has 0 saturated carbocycles. The van der Waals surface area contributed by atoms with E-state index in [1.807, 2.05) is 44.4 Å². The minimum absolute atomic E-state index is 0.0369. The van der Waals surface area contributed by atoms with Crippen LogP contribution in [-0.2, 0) is 13.6 Å². The maximum Gasteiger partial charge on any atom is 0.228 e. The van der Waals surface area contributed by atoms with E-state index in [2.05, 4.69) is 14.9 Å². The van der Waals surface area contributed by atoms with E-state index in [9.17, 15) is 4.79 Å². The molecule has 6 nitrogen and oxygen atoms in total. The van der Waals surface area contributed by atoms with E-state index in [1.165, 1.54) is 0 Å². The first-order chi connectivity index (χ1) is 13.5. The molecule has 4 rings (SSSR count). The molecule has 0 bridgehead atoms. The Kier molecular flexibility index (Phi) is 5.33. The van der Waals surface area contributed by atoms with Gasteiger partial charge in [0.15, 0.2) is 5.82 Å². The van der Waals surface area contributed by atoms with Gasteiger partial charge >= 0.3 is 0 Å². The number of carbonyl (C=O) groups is 1. The van der Waals surface area contributed by atoms with E-state index in [-0.39, 0.29) is 11.7 Å². The van der Waals surface area contributed by atoms with Gasteiger partial charge in [-0.2, -0.15) is 0 Å². The Morgan fingerprint density at radius 1 is 1.36 bits per heavy atom. The zero-order valence-corrected chi connectivity index (χ0v) is 16.8. The average Bonchev–Trinajstić information content (AvgIpc) is 3.27. The third-order valence-electron chi connectivity index (χ3n) is 5.29. The van der Waals surface area contributed by atoms with E-state index in [0.29, 0.717) is 29.8 Å². The third kappa shape index (κ3) is 3.75. The fourth-order valence-electron chi connectivity index (χ4n) is 3.74. The van der Waals surface area contributed by atoms with Gasteiger partial charge < -0.3 is 8.98 Å². The molecule has 2 aromatic heterocycles. The summed E-state index contributed by atoms with van der Waals surface area (Å²) in [7, 11) is 1.86. The molecule has 1 saturated heterocycles. The molecule has 0 radical (unpaired) electrons. The highest BCUT2D eigenvalue weighted by molar-refractivity contribution is 6.33. The maximum atomic E-state index is 12.8. The molecule has 7 heteroatoms. The van der Waals surface area contributed by atoms with Crippen molar-refractivity contribution in [1.82, 2.24) is 19.4 Å². The highest BCUT2D eigenvalue weighted by Crippen LogP contribution is 2.29. The van der Waals surface area contributed by atoms with Crippen molar-refractivity contribution in [3.8, 4) is 11.5 Å². The molecule has 0 N–H and O–H groups in total. The topological polar surface area (TPSA) is 64.2 Å². The number of rotatable bonds is 5. The van der Waals surface area contributed by atoms with E-state index < -0.39 is 0 Å². The van der Waals surface area contributed by atoms with Crippen molar-refractivity contribution in [3.63, 3.8) is 0 Å². The number of halogens is 1. The molecule has 0 spiro atoms. The smallest absolute Gasteiger partial charge is 0.228 e. The van der Waals surface area contributed by atoms with Gasteiger partial charge in [0.2, 0.25) is 11.7 Å². The first-order valence-electron chi connectivity index (χ1n) is 9.48. The van der Waals surface area contributed by atoms with E-state index in [1.54, 1.807) is 10.8 Å². The largest absolute Gasteiger partial charge is 0.441 e. The summed E-state index contributed by atoms with van der Waals surface area (Å²) in [6.45, 7) is 4.23. The van der Waals surface area contributed by atoms with Gasteiger partial charge in [-0.15, -0.1) is 0 Å². The second-order valence-electron chi connectivity index (χ2n) is 7.30. The fraction of sp³-hybridized carbons (Fsp3) is 0.381. The Hall–Kier alpha value is -2.44. The Morgan fingerprint density at radius 3 is 2.93 bits per heavy atom. The monoisotopic (exact) mass is 398 g/mol. The van der Waals surface area contributed by atoms with Crippen LogP contribution in [0.5, 0.6) is 0 Å². The van der Waals surface area contributed by atoms with Crippen molar-refractivity contribution < 1.29 is 9.21 Å². The van der Waals surface area contributed by atoms with Gasteiger partial charge in [0.25, 0.3) is 0 Å². The minimum atomic E-state index is -0.0369. The molecule has 1 atom stereocenters. The van der Waals surface area contributed by atoms with Crippen LogP contribution in [0.15, 0.2) is 41.1 Å². The lowest BCUT2D eigenvalue weighted by Crippen LogP contribution is -2.39. The first kappa shape index (κ1) is 18.9. The fourth-order valence-corrected chi connectivity index (χ4v) is 3.95. The Balaban J connectivity index is 1.48. The number of imidazole rings is 1. The number of likely N-dealkylation sites (tertiary alicyclic amines) is 1. The summed E-state index contributed by atoms with van der Waals surface area (Å²) in [4.78, 5) is 24.0. The van der Waals surface area contributed by atoms with Gasteiger partial charge in [0.05, 0.1) is 16.3 Å². The summed E-state index contributed by atoms with van der Waals surface area (Å²) in [6, 6.07) is 7.53. The number of nitrogens with zero attached hydrogens (tertiary/aromatic N) is 4. The van der Waals surface area contributed by atoms with Gasteiger partial charge in [0, 0.05) is 38.4 Å². The molecule has 3 heterocycles. The number of Topliss-reactive ketones (excluding diaryl/α,β-unsaturated/α-hetero) is 1. The van der Waals surface area contributed by atoms with Crippen LogP contribution in [-0.4, -0.2) is 38.3 Å². The Labute approximate surface area is 169 Å². The van der Waals surface area contributed by atoms with Crippen LogP contribution in [0.1, 0.15) is 34.9 Å². The van der Waals surface area contributed by atoms with Gasteiger partial charge in [-0.25, -0.2) is 9.97 Å². The second kappa shape index (κ2) is 7.89. The number of aryl methyl sites for hydroxylation is 2. The molecule has 0 amide bonds. The quantitative estimate of drug-likeness (QED) is 0.604. The molecule has 1 aromatic carbocycles. The summed E-state index contributed by atoms with van der Waals surface area (Å²) < 4.78 is 7.66. The maximum absolute atomic E-state index is 12.8.